The molecule has 2 heterocycles. The molecule has 1 aliphatic rings. The molecule has 1 N–H and O–H groups in total. The normalized spacial score (nSPS) is 21.3. The third-order valence-electron chi connectivity index (χ3n) is 4.18. The highest BCUT2D eigenvalue weighted by molar-refractivity contribution is 5.51. The van der Waals surface area contributed by atoms with Crippen LogP contribution in [0.2, 0.25) is 0 Å². The van der Waals surface area contributed by atoms with Gasteiger partial charge in [-0.2, -0.15) is 0 Å². The Kier molecular flexibility index (Phi) is 4.31. The van der Waals surface area contributed by atoms with Gasteiger partial charge in [0, 0.05) is 18.7 Å². The molecule has 0 amide bonds. The van der Waals surface area contributed by atoms with Gasteiger partial charge in [0.05, 0.1) is 6.04 Å². The van der Waals surface area contributed by atoms with Gasteiger partial charge < -0.3 is 9.52 Å². The molecule has 1 aromatic heterocycles. The van der Waals surface area contributed by atoms with Crippen LogP contribution >= 0.6 is 0 Å². The SMILES string of the molecule is CC(c1nnc(-c2ccccc2)o1)N1CCCC(CO)C1. The van der Waals surface area contributed by atoms with Crippen LogP contribution in [0.15, 0.2) is 34.7 Å². The third kappa shape index (κ3) is 3.14. The lowest BCUT2D eigenvalue weighted by Gasteiger charge is -2.34. The van der Waals surface area contributed by atoms with Crippen LogP contribution < -0.4 is 0 Å². The predicted molar refractivity (Wildman–Crippen MR) is 79.5 cm³/mol. The van der Waals surface area contributed by atoms with Crippen LogP contribution in [0.1, 0.15) is 31.7 Å². The molecular weight excluding hydrogens is 266 g/mol. The van der Waals surface area contributed by atoms with E-state index in [1.807, 2.05) is 30.3 Å². The van der Waals surface area contributed by atoms with Gasteiger partial charge in [0.2, 0.25) is 11.8 Å². The molecule has 3 rings (SSSR count). The lowest BCUT2D eigenvalue weighted by atomic mass is 9.98. The molecule has 0 spiro atoms. The summed E-state index contributed by atoms with van der Waals surface area (Å²) < 4.78 is 5.83. The summed E-state index contributed by atoms with van der Waals surface area (Å²) in [7, 11) is 0. The molecule has 0 aliphatic carbocycles. The Hall–Kier alpha value is -1.72. The van der Waals surface area contributed by atoms with Crippen LogP contribution in [0.3, 0.4) is 0 Å². The third-order valence-corrected chi connectivity index (χ3v) is 4.18. The second kappa shape index (κ2) is 6.37. The molecule has 1 aliphatic heterocycles. The summed E-state index contributed by atoms with van der Waals surface area (Å²) in [5.74, 6) is 1.57. The lowest BCUT2D eigenvalue weighted by molar-refractivity contribution is 0.0839. The first-order valence-electron chi connectivity index (χ1n) is 7.51. The molecular formula is C16H21N3O2. The lowest BCUT2D eigenvalue weighted by Crippen LogP contribution is -2.38. The molecule has 2 atom stereocenters. The fourth-order valence-corrected chi connectivity index (χ4v) is 2.86. The van der Waals surface area contributed by atoms with Crippen molar-refractivity contribution >= 4 is 0 Å². The summed E-state index contributed by atoms with van der Waals surface area (Å²) in [6.07, 6.45) is 2.20. The number of aliphatic hydroxyl groups is 1. The zero-order valence-electron chi connectivity index (χ0n) is 12.3. The van der Waals surface area contributed by atoms with Crippen LogP contribution in [-0.2, 0) is 0 Å². The van der Waals surface area contributed by atoms with Crippen molar-refractivity contribution in [3.63, 3.8) is 0 Å². The fraction of sp³-hybridized carbons (Fsp3) is 0.500. The summed E-state index contributed by atoms with van der Waals surface area (Å²) >= 11 is 0. The van der Waals surface area contributed by atoms with Crippen LogP contribution in [0.5, 0.6) is 0 Å². The maximum absolute atomic E-state index is 9.34. The molecule has 0 saturated carbocycles. The Morgan fingerprint density at radius 1 is 1.33 bits per heavy atom. The number of piperidine rings is 1. The van der Waals surface area contributed by atoms with Crippen molar-refractivity contribution in [2.24, 2.45) is 5.92 Å². The topological polar surface area (TPSA) is 62.4 Å². The van der Waals surface area contributed by atoms with Crippen molar-refractivity contribution in [3.8, 4) is 11.5 Å². The Morgan fingerprint density at radius 3 is 2.90 bits per heavy atom. The largest absolute Gasteiger partial charge is 0.419 e. The minimum atomic E-state index is 0.0873. The molecule has 112 valence electrons. The van der Waals surface area contributed by atoms with E-state index in [2.05, 4.69) is 22.0 Å². The average Bonchev–Trinajstić information content (AvgIpc) is 3.05. The van der Waals surface area contributed by atoms with Gasteiger partial charge in [-0.15, -0.1) is 10.2 Å². The highest BCUT2D eigenvalue weighted by Crippen LogP contribution is 2.27. The van der Waals surface area contributed by atoms with Gasteiger partial charge in [-0.05, 0) is 44.4 Å². The molecule has 1 fully saturated rings. The summed E-state index contributed by atoms with van der Waals surface area (Å²) in [5.41, 5.74) is 0.940. The minimum Gasteiger partial charge on any atom is -0.419 e. The van der Waals surface area contributed by atoms with E-state index in [1.165, 1.54) is 0 Å². The number of likely N-dealkylation sites (tertiary alicyclic amines) is 1. The molecule has 0 bridgehead atoms. The van der Waals surface area contributed by atoms with Crippen LogP contribution in [0.25, 0.3) is 11.5 Å². The number of aliphatic hydroxyl groups excluding tert-OH is 1. The van der Waals surface area contributed by atoms with E-state index < -0.39 is 0 Å². The van der Waals surface area contributed by atoms with Crippen molar-refractivity contribution in [2.45, 2.75) is 25.8 Å². The van der Waals surface area contributed by atoms with Gasteiger partial charge >= 0.3 is 0 Å². The van der Waals surface area contributed by atoms with E-state index in [9.17, 15) is 5.11 Å². The monoisotopic (exact) mass is 287 g/mol. The number of aromatic nitrogens is 2. The Morgan fingerprint density at radius 2 is 2.14 bits per heavy atom. The van der Waals surface area contributed by atoms with Gasteiger partial charge in [-0.3, -0.25) is 4.90 Å². The standard InChI is InChI=1S/C16H21N3O2/c1-12(19-9-5-6-13(10-19)11-20)15-17-18-16(21-15)14-7-3-2-4-8-14/h2-4,7-8,12-13,20H,5-6,9-11H2,1H3. The van der Waals surface area contributed by atoms with Gasteiger partial charge in [-0.25, -0.2) is 0 Å². The molecule has 21 heavy (non-hydrogen) atoms. The first kappa shape index (κ1) is 14.2. The number of hydrogen-bond donors (Lipinski definition) is 1. The van der Waals surface area contributed by atoms with E-state index in [-0.39, 0.29) is 12.6 Å². The molecule has 5 nitrogen and oxygen atoms in total. The van der Waals surface area contributed by atoms with E-state index in [0.29, 0.717) is 17.7 Å². The smallest absolute Gasteiger partial charge is 0.247 e. The van der Waals surface area contributed by atoms with E-state index in [1.54, 1.807) is 0 Å². The first-order valence-corrected chi connectivity index (χ1v) is 7.51. The highest BCUT2D eigenvalue weighted by Gasteiger charge is 2.27. The van der Waals surface area contributed by atoms with Crippen LogP contribution in [0.4, 0.5) is 0 Å². The second-order valence-corrected chi connectivity index (χ2v) is 5.67. The molecule has 0 radical (unpaired) electrons. The quantitative estimate of drug-likeness (QED) is 0.936. The number of nitrogens with zero attached hydrogens (tertiary/aromatic N) is 3. The predicted octanol–water partition coefficient (Wildman–Crippen LogP) is 2.50. The Labute approximate surface area is 124 Å². The minimum absolute atomic E-state index is 0.0873. The summed E-state index contributed by atoms with van der Waals surface area (Å²) in [6.45, 7) is 4.24. The van der Waals surface area contributed by atoms with E-state index in [4.69, 9.17) is 4.42 Å². The maximum atomic E-state index is 9.34. The van der Waals surface area contributed by atoms with Crippen LogP contribution in [0, 0.1) is 5.92 Å². The zero-order valence-corrected chi connectivity index (χ0v) is 12.3. The summed E-state index contributed by atoms with van der Waals surface area (Å²) in [6, 6.07) is 9.89. The number of benzene rings is 1. The van der Waals surface area contributed by atoms with Crippen molar-refractivity contribution in [1.82, 2.24) is 15.1 Å². The van der Waals surface area contributed by atoms with Gasteiger partial charge in [0.1, 0.15) is 0 Å². The molecule has 1 aromatic carbocycles. The molecule has 2 aromatic rings. The van der Waals surface area contributed by atoms with E-state index >= 15 is 0 Å². The number of hydrogen-bond acceptors (Lipinski definition) is 5. The Bertz CT molecular complexity index is 570. The molecule has 5 heteroatoms. The van der Waals surface area contributed by atoms with Gasteiger partial charge in [0.15, 0.2) is 0 Å². The van der Waals surface area contributed by atoms with Crippen molar-refractivity contribution in [2.75, 3.05) is 19.7 Å². The van der Waals surface area contributed by atoms with Crippen molar-refractivity contribution in [3.05, 3.63) is 36.2 Å². The second-order valence-electron chi connectivity index (χ2n) is 5.67. The van der Waals surface area contributed by atoms with Crippen molar-refractivity contribution in [1.29, 1.82) is 0 Å². The van der Waals surface area contributed by atoms with Gasteiger partial charge in [0.25, 0.3) is 0 Å². The number of rotatable bonds is 4. The fourth-order valence-electron chi connectivity index (χ4n) is 2.86. The summed E-state index contributed by atoms with van der Waals surface area (Å²) in [5, 5.41) is 17.7. The van der Waals surface area contributed by atoms with Crippen molar-refractivity contribution < 1.29 is 9.52 Å². The molecule has 1 saturated heterocycles. The summed E-state index contributed by atoms with van der Waals surface area (Å²) in [4.78, 5) is 2.31. The highest BCUT2D eigenvalue weighted by atomic mass is 16.4. The Balaban J connectivity index is 1.73. The zero-order chi connectivity index (χ0) is 14.7. The first-order chi connectivity index (χ1) is 10.3. The molecule has 2 unspecified atom stereocenters. The average molecular weight is 287 g/mol. The van der Waals surface area contributed by atoms with Gasteiger partial charge in [-0.1, -0.05) is 18.2 Å². The van der Waals surface area contributed by atoms with E-state index in [0.717, 1.165) is 31.5 Å². The van der Waals surface area contributed by atoms with Crippen LogP contribution in [-0.4, -0.2) is 39.9 Å². The maximum Gasteiger partial charge on any atom is 0.247 e.